The number of nitrogens with one attached hydrogen (secondary N) is 1. The van der Waals surface area contributed by atoms with Crippen molar-refractivity contribution in [2.24, 2.45) is 0 Å². The second kappa shape index (κ2) is 7.56. The highest BCUT2D eigenvalue weighted by molar-refractivity contribution is 7.91. The van der Waals surface area contributed by atoms with Gasteiger partial charge in [0.15, 0.2) is 9.84 Å². The zero-order valence-corrected chi connectivity index (χ0v) is 13.1. The molecular formula is C13H22N4O3S. The first-order valence-electron chi connectivity index (χ1n) is 7.20. The molecule has 0 radical (unpaired) electrons. The fraction of sp³-hybridized carbons (Fsp3) is 0.692. The molecule has 0 amide bonds. The molecule has 1 aliphatic heterocycles. The van der Waals surface area contributed by atoms with Gasteiger partial charge in [0.2, 0.25) is 5.88 Å². The third kappa shape index (κ3) is 5.47. The summed E-state index contributed by atoms with van der Waals surface area (Å²) in [5.74, 6) is 1.77. The van der Waals surface area contributed by atoms with Gasteiger partial charge in [-0.2, -0.15) is 4.98 Å². The molecule has 2 heterocycles. The Kier molecular flexibility index (Phi) is 5.75. The van der Waals surface area contributed by atoms with E-state index in [4.69, 9.17) is 4.74 Å². The summed E-state index contributed by atoms with van der Waals surface area (Å²) in [4.78, 5) is 10.5. The van der Waals surface area contributed by atoms with Crippen molar-refractivity contribution in [2.75, 3.05) is 49.6 Å². The minimum absolute atomic E-state index is 0.280. The van der Waals surface area contributed by atoms with E-state index in [1.165, 1.54) is 0 Å². The molecule has 0 saturated carbocycles. The summed E-state index contributed by atoms with van der Waals surface area (Å²) in [7, 11) is -2.79. The number of rotatable bonds is 7. The molecule has 118 valence electrons. The predicted octanol–water partition coefficient (Wildman–Crippen LogP) is 0.408. The third-order valence-corrected chi connectivity index (χ3v) is 4.91. The van der Waals surface area contributed by atoms with Crippen LogP contribution in [0.5, 0.6) is 5.88 Å². The van der Waals surface area contributed by atoms with Gasteiger partial charge in [-0.3, -0.25) is 4.98 Å². The van der Waals surface area contributed by atoms with Crippen LogP contribution >= 0.6 is 0 Å². The molecule has 21 heavy (non-hydrogen) atoms. The van der Waals surface area contributed by atoms with Gasteiger partial charge in [0.1, 0.15) is 5.82 Å². The minimum atomic E-state index is -2.79. The SMILES string of the molecule is CCOc1cncc(NCCCN2CCS(=O)(=O)CC2)n1. The predicted molar refractivity (Wildman–Crippen MR) is 81.4 cm³/mol. The number of sulfone groups is 1. The van der Waals surface area contributed by atoms with Crippen LogP contribution in [0.1, 0.15) is 13.3 Å². The summed E-state index contributed by atoms with van der Waals surface area (Å²) in [5.41, 5.74) is 0. The second-order valence-corrected chi connectivity index (χ2v) is 7.25. The number of anilines is 1. The van der Waals surface area contributed by atoms with E-state index in [0.717, 1.165) is 19.5 Å². The lowest BCUT2D eigenvalue weighted by molar-refractivity contribution is 0.294. The van der Waals surface area contributed by atoms with Crippen LogP contribution in [-0.2, 0) is 9.84 Å². The molecule has 1 saturated heterocycles. The van der Waals surface area contributed by atoms with Gasteiger partial charge in [-0.05, 0) is 19.9 Å². The Labute approximate surface area is 125 Å². The molecule has 0 aromatic carbocycles. The van der Waals surface area contributed by atoms with E-state index in [0.29, 0.717) is 31.4 Å². The molecule has 7 nitrogen and oxygen atoms in total. The molecule has 2 rings (SSSR count). The summed E-state index contributed by atoms with van der Waals surface area (Å²) in [6, 6.07) is 0. The molecule has 1 N–H and O–H groups in total. The average Bonchev–Trinajstić information content (AvgIpc) is 2.46. The van der Waals surface area contributed by atoms with Crippen LogP contribution in [0.3, 0.4) is 0 Å². The molecule has 8 heteroatoms. The molecule has 1 fully saturated rings. The summed E-state index contributed by atoms with van der Waals surface area (Å²) in [6.07, 6.45) is 4.18. The molecule has 0 atom stereocenters. The van der Waals surface area contributed by atoms with Crippen LogP contribution in [0.25, 0.3) is 0 Å². The third-order valence-electron chi connectivity index (χ3n) is 3.30. The topological polar surface area (TPSA) is 84.4 Å². The Bertz CT molecular complexity index is 536. The van der Waals surface area contributed by atoms with Crippen molar-refractivity contribution in [3.8, 4) is 5.88 Å². The highest BCUT2D eigenvalue weighted by atomic mass is 32.2. The van der Waals surface area contributed by atoms with Crippen molar-refractivity contribution in [1.29, 1.82) is 0 Å². The molecule has 1 aromatic rings. The van der Waals surface area contributed by atoms with Gasteiger partial charge in [0.05, 0.1) is 30.5 Å². The highest BCUT2D eigenvalue weighted by Gasteiger charge is 2.20. The molecule has 1 aliphatic rings. The Morgan fingerprint density at radius 3 is 2.81 bits per heavy atom. The van der Waals surface area contributed by atoms with E-state index in [2.05, 4.69) is 20.2 Å². The first-order valence-corrected chi connectivity index (χ1v) is 9.03. The van der Waals surface area contributed by atoms with Crippen LogP contribution < -0.4 is 10.1 Å². The smallest absolute Gasteiger partial charge is 0.234 e. The lowest BCUT2D eigenvalue weighted by atomic mass is 10.3. The summed E-state index contributed by atoms with van der Waals surface area (Å²) in [5, 5.41) is 3.20. The Balaban J connectivity index is 1.67. The van der Waals surface area contributed by atoms with E-state index < -0.39 is 9.84 Å². The lowest BCUT2D eigenvalue weighted by Crippen LogP contribution is -2.41. The number of nitrogens with zero attached hydrogens (tertiary/aromatic N) is 3. The Morgan fingerprint density at radius 2 is 2.10 bits per heavy atom. The number of ether oxygens (including phenoxy) is 1. The highest BCUT2D eigenvalue weighted by Crippen LogP contribution is 2.09. The van der Waals surface area contributed by atoms with Gasteiger partial charge in [0.25, 0.3) is 0 Å². The summed E-state index contributed by atoms with van der Waals surface area (Å²) in [6.45, 7) is 5.41. The molecule has 0 unspecified atom stereocenters. The Hall–Kier alpha value is -1.41. The van der Waals surface area contributed by atoms with Crippen LogP contribution in [0.2, 0.25) is 0 Å². The van der Waals surface area contributed by atoms with E-state index in [1.54, 1.807) is 12.4 Å². The van der Waals surface area contributed by atoms with Crippen molar-refractivity contribution in [2.45, 2.75) is 13.3 Å². The standard InChI is InChI=1S/C13H22N4O3S/c1-2-20-13-11-14-10-12(16-13)15-4-3-5-17-6-8-21(18,19)9-7-17/h10-11H,2-9H2,1H3,(H,15,16). The van der Waals surface area contributed by atoms with E-state index >= 15 is 0 Å². The molecule has 0 bridgehead atoms. The summed E-state index contributed by atoms with van der Waals surface area (Å²) >= 11 is 0. The van der Waals surface area contributed by atoms with Crippen molar-refractivity contribution < 1.29 is 13.2 Å². The second-order valence-electron chi connectivity index (χ2n) is 4.95. The minimum Gasteiger partial charge on any atom is -0.477 e. The van der Waals surface area contributed by atoms with Gasteiger partial charge in [-0.15, -0.1) is 0 Å². The normalized spacial score (nSPS) is 18.3. The maximum Gasteiger partial charge on any atom is 0.234 e. The summed E-state index contributed by atoms with van der Waals surface area (Å²) < 4.78 is 27.9. The van der Waals surface area contributed by atoms with Gasteiger partial charge >= 0.3 is 0 Å². The van der Waals surface area contributed by atoms with Gasteiger partial charge < -0.3 is 15.0 Å². The van der Waals surface area contributed by atoms with Gasteiger partial charge in [0, 0.05) is 19.6 Å². The van der Waals surface area contributed by atoms with E-state index in [1.807, 2.05) is 6.92 Å². The van der Waals surface area contributed by atoms with Crippen molar-refractivity contribution >= 4 is 15.7 Å². The molecule has 1 aromatic heterocycles. The van der Waals surface area contributed by atoms with Crippen molar-refractivity contribution in [3.05, 3.63) is 12.4 Å². The van der Waals surface area contributed by atoms with E-state index in [9.17, 15) is 8.42 Å². The molecule has 0 spiro atoms. The van der Waals surface area contributed by atoms with Crippen molar-refractivity contribution in [3.63, 3.8) is 0 Å². The lowest BCUT2D eigenvalue weighted by Gasteiger charge is -2.26. The van der Waals surface area contributed by atoms with Gasteiger partial charge in [-0.25, -0.2) is 8.42 Å². The molecular weight excluding hydrogens is 292 g/mol. The monoisotopic (exact) mass is 314 g/mol. The maximum atomic E-state index is 11.3. The Morgan fingerprint density at radius 1 is 1.33 bits per heavy atom. The first-order chi connectivity index (χ1) is 10.1. The quantitative estimate of drug-likeness (QED) is 0.730. The largest absolute Gasteiger partial charge is 0.477 e. The zero-order chi connectivity index (χ0) is 15.1. The van der Waals surface area contributed by atoms with E-state index in [-0.39, 0.29) is 11.5 Å². The number of hydrogen-bond acceptors (Lipinski definition) is 7. The van der Waals surface area contributed by atoms with Crippen LogP contribution in [0, 0.1) is 0 Å². The first kappa shape index (κ1) is 16.0. The van der Waals surface area contributed by atoms with Crippen molar-refractivity contribution in [1.82, 2.24) is 14.9 Å². The molecule has 0 aliphatic carbocycles. The van der Waals surface area contributed by atoms with Gasteiger partial charge in [-0.1, -0.05) is 0 Å². The number of aromatic nitrogens is 2. The maximum absolute atomic E-state index is 11.3. The van der Waals surface area contributed by atoms with Crippen LogP contribution in [-0.4, -0.2) is 67.6 Å². The van der Waals surface area contributed by atoms with Crippen LogP contribution in [0.4, 0.5) is 5.82 Å². The average molecular weight is 314 g/mol. The fourth-order valence-electron chi connectivity index (χ4n) is 2.14. The fourth-order valence-corrected chi connectivity index (χ4v) is 3.42. The zero-order valence-electron chi connectivity index (χ0n) is 12.3. The van der Waals surface area contributed by atoms with Crippen LogP contribution in [0.15, 0.2) is 12.4 Å². The number of hydrogen-bond donors (Lipinski definition) is 1.